The maximum absolute atomic E-state index is 15.0. The number of rotatable bonds is 8. The molecule has 1 aliphatic heterocycles. The van der Waals surface area contributed by atoms with E-state index in [0.717, 1.165) is 17.0 Å². The Hall–Kier alpha value is -4.45. The number of carbonyl (C=O) groups excluding carboxylic acids is 2. The molecule has 0 unspecified atom stereocenters. The van der Waals surface area contributed by atoms with Gasteiger partial charge in [-0.25, -0.2) is 18.2 Å². The van der Waals surface area contributed by atoms with E-state index in [4.69, 9.17) is 4.74 Å². The third-order valence-corrected chi connectivity index (χ3v) is 7.42. The standard InChI is InChI=1S/C30H32F6N6O3/c1-5-41-13-17(2)26(29(32,33)14-41)40-28(44)20-9-18(10-23-25(20)39-16-42(23)15-30(34,35)36)7-6-8-38-22-11-19(27(43)37-3)21(31)12-24(22)45-4/h9-12,16-17,26,38H,5,8,13-15H2,1-4H3,(H,37,43)(H,40,44)/t17-,26+/m0/s1. The monoisotopic (exact) mass is 638 g/mol. The Morgan fingerprint density at radius 2 is 1.89 bits per heavy atom. The Bertz CT molecular complexity index is 1640. The van der Waals surface area contributed by atoms with Gasteiger partial charge in [-0.1, -0.05) is 25.7 Å². The van der Waals surface area contributed by atoms with Crippen LogP contribution in [0.25, 0.3) is 11.0 Å². The van der Waals surface area contributed by atoms with E-state index in [1.165, 1.54) is 32.4 Å². The number of amides is 2. The highest BCUT2D eigenvalue weighted by Crippen LogP contribution is 2.32. The predicted molar refractivity (Wildman–Crippen MR) is 155 cm³/mol. The lowest BCUT2D eigenvalue weighted by molar-refractivity contribution is -0.140. The van der Waals surface area contributed by atoms with Crippen LogP contribution in [0.3, 0.4) is 0 Å². The number of nitrogens with zero attached hydrogens (tertiary/aromatic N) is 3. The number of piperidine rings is 1. The molecule has 4 rings (SSSR count). The molecule has 2 heterocycles. The maximum atomic E-state index is 15.0. The SMILES string of the molecule is CCN1C[C@H](C)[C@@H](NC(=O)c2cc(C#CCNc3cc(C(=O)NC)c(F)cc3OC)cc3c2ncn3CC(F)(F)F)C(F)(F)C1. The quantitative estimate of drug-likeness (QED) is 0.252. The first-order chi connectivity index (χ1) is 21.2. The van der Waals surface area contributed by atoms with Crippen LogP contribution < -0.4 is 20.7 Å². The zero-order valence-corrected chi connectivity index (χ0v) is 24.9. The van der Waals surface area contributed by atoms with Gasteiger partial charge in [-0.15, -0.1) is 0 Å². The molecule has 9 nitrogen and oxygen atoms in total. The number of fused-ring (bicyclic) bond motifs is 1. The molecule has 2 atom stereocenters. The van der Waals surface area contributed by atoms with E-state index in [2.05, 4.69) is 32.8 Å². The second-order valence-corrected chi connectivity index (χ2v) is 10.7. The van der Waals surface area contributed by atoms with E-state index in [1.807, 2.05) is 0 Å². The second kappa shape index (κ2) is 13.3. The number of aromatic nitrogens is 2. The number of alkyl halides is 5. The Kier molecular flexibility index (Phi) is 9.86. The summed E-state index contributed by atoms with van der Waals surface area (Å²) in [6, 6.07) is 3.35. The molecule has 45 heavy (non-hydrogen) atoms. The van der Waals surface area contributed by atoms with Crippen LogP contribution in [0.5, 0.6) is 5.75 Å². The van der Waals surface area contributed by atoms with E-state index >= 15 is 8.78 Å². The molecule has 0 spiro atoms. The number of ether oxygens (including phenoxy) is 1. The number of anilines is 1. The minimum absolute atomic E-state index is 0.0618. The molecule has 1 saturated heterocycles. The minimum Gasteiger partial charge on any atom is -0.494 e. The van der Waals surface area contributed by atoms with Gasteiger partial charge in [-0.2, -0.15) is 13.2 Å². The van der Waals surface area contributed by atoms with E-state index in [-0.39, 0.29) is 45.7 Å². The topological polar surface area (TPSA) is 101 Å². The van der Waals surface area contributed by atoms with Crippen LogP contribution in [0.15, 0.2) is 30.6 Å². The van der Waals surface area contributed by atoms with Crippen LogP contribution in [0.4, 0.5) is 32.0 Å². The van der Waals surface area contributed by atoms with E-state index in [9.17, 15) is 27.2 Å². The fourth-order valence-electron chi connectivity index (χ4n) is 5.28. The number of likely N-dealkylation sites (tertiary alicyclic amines) is 1. The summed E-state index contributed by atoms with van der Waals surface area (Å²) in [6.07, 6.45) is -3.68. The van der Waals surface area contributed by atoms with Gasteiger partial charge in [0.25, 0.3) is 17.7 Å². The number of nitrogens with one attached hydrogen (secondary N) is 3. The number of carbonyl (C=O) groups is 2. The second-order valence-electron chi connectivity index (χ2n) is 10.7. The number of benzene rings is 2. The van der Waals surface area contributed by atoms with E-state index < -0.39 is 54.8 Å². The molecule has 2 aromatic carbocycles. The third kappa shape index (κ3) is 7.62. The van der Waals surface area contributed by atoms with Gasteiger partial charge in [-0.3, -0.25) is 14.5 Å². The van der Waals surface area contributed by atoms with Gasteiger partial charge in [0.1, 0.15) is 23.6 Å². The number of methoxy groups -OCH3 is 1. The summed E-state index contributed by atoms with van der Waals surface area (Å²) < 4.78 is 90.2. The first-order valence-electron chi connectivity index (χ1n) is 14.0. The molecular formula is C30H32F6N6O3. The van der Waals surface area contributed by atoms with Gasteiger partial charge in [0.05, 0.1) is 54.9 Å². The van der Waals surface area contributed by atoms with Crippen molar-refractivity contribution in [3.63, 3.8) is 0 Å². The first-order valence-corrected chi connectivity index (χ1v) is 14.0. The normalized spacial score (nSPS) is 18.2. The van der Waals surface area contributed by atoms with Gasteiger partial charge < -0.3 is 25.3 Å². The first kappa shape index (κ1) is 33.4. The number of imidazole rings is 1. The van der Waals surface area contributed by atoms with Crippen molar-refractivity contribution in [1.29, 1.82) is 0 Å². The van der Waals surface area contributed by atoms with E-state index in [1.54, 1.807) is 18.7 Å². The summed E-state index contributed by atoms with van der Waals surface area (Å²) in [5, 5.41) is 7.62. The average molecular weight is 639 g/mol. The van der Waals surface area contributed by atoms with Crippen molar-refractivity contribution in [1.82, 2.24) is 25.1 Å². The zero-order valence-electron chi connectivity index (χ0n) is 24.9. The summed E-state index contributed by atoms with van der Waals surface area (Å²) >= 11 is 0. The summed E-state index contributed by atoms with van der Waals surface area (Å²) in [6.45, 7) is 2.07. The smallest absolute Gasteiger partial charge is 0.406 e. The van der Waals surface area contributed by atoms with Crippen LogP contribution in [0.1, 0.15) is 40.1 Å². The van der Waals surface area contributed by atoms with E-state index in [0.29, 0.717) is 13.1 Å². The van der Waals surface area contributed by atoms with Crippen LogP contribution in [-0.4, -0.2) is 84.7 Å². The molecule has 3 N–H and O–H groups in total. The fraction of sp³-hybridized carbons (Fsp3) is 0.433. The van der Waals surface area contributed by atoms with Crippen LogP contribution in [0.2, 0.25) is 0 Å². The summed E-state index contributed by atoms with van der Waals surface area (Å²) in [5.41, 5.74) is -0.241. The van der Waals surface area contributed by atoms with Gasteiger partial charge in [0.2, 0.25) is 0 Å². The minimum atomic E-state index is -4.60. The number of halogens is 6. The summed E-state index contributed by atoms with van der Waals surface area (Å²) in [5.74, 6) is -0.640. The Labute approximate surface area is 255 Å². The summed E-state index contributed by atoms with van der Waals surface area (Å²) in [4.78, 5) is 31.0. The predicted octanol–water partition coefficient (Wildman–Crippen LogP) is 4.27. The van der Waals surface area contributed by atoms with Crippen molar-refractivity contribution >= 4 is 28.5 Å². The highest BCUT2D eigenvalue weighted by molar-refractivity contribution is 6.05. The molecule has 1 aliphatic rings. The van der Waals surface area contributed by atoms with Gasteiger partial charge in [-0.05, 0) is 30.7 Å². The molecule has 0 radical (unpaired) electrons. The third-order valence-electron chi connectivity index (χ3n) is 7.42. The number of hydrogen-bond donors (Lipinski definition) is 3. The average Bonchev–Trinajstić information content (AvgIpc) is 3.37. The molecule has 15 heteroatoms. The molecule has 2 amide bonds. The largest absolute Gasteiger partial charge is 0.494 e. The van der Waals surface area contributed by atoms with Crippen molar-refractivity contribution in [2.75, 3.05) is 45.7 Å². The number of hydrogen-bond acceptors (Lipinski definition) is 6. The molecule has 0 aliphatic carbocycles. The highest BCUT2D eigenvalue weighted by atomic mass is 19.4. The van der Waals surface area contributed by atoms with Gasteiger partial charge >= 0.3 is 6.18 Å². The van der Waals surface area contributed by atoms with Crippen molar-refractivity contribution in [3.05, 3.63) is 53.1 Å². The van der Waals surface area contributed by atoms with Gasteiger partial charge in [0, 0.05) is 25.2 Å². The Balaban J connectivity index is 1.66. The lowest BCUT2D eigenvalue weighted by atomic mass is 9.90. The Morgan fingerprint density at radius 3 is 2.51 bits per heavy atom. The molecule has 3 aromatic rings. The lowest BCUT2D eigenvalue weighted by Crippen LogP contribution is -2.62. The highest BCUT2D eigenvalue weighted by Gasteiger charge is 2.48. The lowest BCUT2D eigenvalue weighted by Gasteiger charge is -2.42. The molecule has 0 saturated carbocycles. The Morgan fingerprint density at radius 1 is 1.16 bits per heavy atom. The molecule has 1 fully saturated rings. The van der Waals surface area contributed by atoms with Crippen LogP contribution >= 0.6 is 0 Å². The zero-order chi connectivity index (χ0) is 33.1. The molecule has 0 bridgehead atoms. The van der Waals surface area contributed by atoms with Crippen molar-refractivity contribution in [2.45, 2.75) is 38.5 Å². The molecular weight excluding hydrogens is 606 g/mol. The summed E-state index contributed by atoms with van der Waals surface area (Å²) in [7, 11) is 2.65. The van der Waals surface area contributed by atoms with Crippen molar-refractivity contribution in [3.8, 4) is 17.6 Å². The molecule has 242 valence electrons. The van der Waals surface area contributed by atoms with Crippen molar-refractivity contribution < 1.29 is 40.7 Å². The van der Waals surface area contributed by atoms with Crippen LogP contribution in [-0.2, 0) is 6.54 Å². The van der Waals surface area contributed by atoms with Crippen LogP contribution in [0, 0.1) is 23.6 Å². The molecule has 1 aromatic heterocycles. The van der Waals surface area contributed by atoms with Crippen molar-refractivity contribution in [2.24, 2.45) is 5.92 Å². The van der Waals surface area contributed by atoms with Gasteiger partial charge in [0.15, 0.2) is 0 Å². The maximum Gasteiger partial charge on any atom is 0.406 e. The fourth-order valence-corrected chi connectivity index (χ4v) is 5.28.